The molecule has 0 saturated heterocycles. The van der Waals surface area contributed by atoms with Crippen molar-refractivity contribution in [2.45, 2.75) is 65.3 Å². The van der Waals surface area contributed by atoms with Gasteiger partial charge in [-0.1, -0.05) is 31.5 Å². The fourth-order valence-electron chi connectivity index (χ4n) is 2.74. The molecular formula is C22H30ClFN2O5. The molecule has 2 unspecified atom stereocenters. The van der Waals surface area contributed by atoms with Crippen molar-refractivity contribution < 1.29 is 23.8 Å². The van der Waals surface area contributed by atoms with Crippen LogP contribution in [0.3, 0.4) is 0 Å². The molecule has 0 aliphatic rings. The van der Waals surface area contributed by atoms with E-state index in [1.165, 1.54) is 16.8 Å². The average Bonchev–Trinajstić information content (AvgIpc) is 2.69. The number of carbonyl (C=O) groups excluding carboxylic acids is 2. The van der Waals surface area contributed by atoms with E-state index in [9.17, 15) is 23.9 Å². The van der Waals surface area contributed by atoms with Crippen LogP contribution < -0.4 is 10.9 Å². The van der Waals surface area contributed by atoms with Gasteiger partial charge in [0.15, 0.2) is 0 Å². The molecule has 0 aliphatic carbocycles. The van der Waals surface area contributed by atoms with Gasteiger partial charge in [0.25, 0.3) is 5.56 Å². The first-order valence-corrected chi connectivity index (χ1v) is 10.4. The minimum Gasteiger partial charge on any atom is -0.460 e. The van der Waals surface area contributed by atoms with Gasteiger partial charge in [0, 0.05) is 16.6 Å². The molecule has 7 nitrogen and oxygen atoms in total. The van der Waals surface area contributed by atoms with Crippen molar-refractivity contribution in [1.29, 1.82) is 0 Å². The topological polar surface area (TPSA) is 97.6 Å². The first-order valence-electron chi connectivity index (χ1n) is 10.0. The lowest BCUT2D eigenvalue weighted by molar-refractivity contribution is -0.156. The number of ether oxygens (including phenoxy) is 1. The monoisotopic (exact) mass is 456 g/mol. The molecule has 1 aromatic heterocycles. The summed E-state index contributed by atoms with van der Waals surface area (Å²) < 4.78 is 19.3. The van der Waals surface area contributed by atoms with Crippen LogP contribution in [-0.4, -0.2) is 46.0 Å². The minimum atomic E-state index is -1.58. The number of carbonyl (C=O) groups is 2. The van der Waals surface area contributed by atoms with Crippen molar-refractivity contribution in [3.8, 4) is 0 Å². The standard InChI is InChI=1S/C20H24ClFN2O5.C2H6/c1-20(2,3)29-18(27)9-15(16(25)10-22)23-17(26)11-24-7-6-12-4-5-13(21)8-14(12)19(24)28;1-2/h4-8,15-16,25H,9-11H2,1-3H3,(H,23,26);1-2H3. The maximum absolute atomic E-state index is 13.0. The van der Waals surface area contributed by atoms with Crippen LogP contribution in [0.25, 0.3) is 10.8 Å². The number of alkyl halides is 1. The summed E-state index contributed by atoms with van der Waals surface area (Å²) >= 11 is 5.93. The number of pyridine rings is 1. The van der Waals surface area contributed by atoms with Gasteiger partial charge in [-0.05, 0) is 44.4 Å². The minimum absolute atomic E-state index is 0.349. The average molecular weight is 457 g/mol. The zero-order chi connectivity index (χ0) is 23.8. The number of nitrogens with one attached hydrogen (secondary N) is 1. The summed E-state index contributed by atoms with van der Waals surface area (Å²) in [6.45, 7) is 7.49. The van der Waals surface area contributed by atoms with Gasteiger partial charge < -0.3 is 19.7 Å². The largest absolute Gasteiger partial charge is 0.460 e. The van der Waals surface area contributed by atoms with Gasteiger partial charge in [0.1, 0.15) is 24.9 Å². The van der Waals surface area contributed by atoms with Gasteiger partial charge in [-0.15, -0.1) is 0 Å². The van der Waals surface area contributed by atoms with E-state index < -0.39 is 48.3 Å². The maximum atomic E-state index is 13.0. The lowest BCUT2D eigenvalue weighted by Gasteiger charge is -2.25. The smallest absolute Gasteiger partial charge is 0.308 e. The first-order chi connectivity index (χ1) is 14.5. The third kappa shape index (κ3) is 8.30. The zero-order valence-corrected chi connectivity index (χ0v) is 19.2. The number of aliphatic hydroxyl groups is 1. The van der Waals surface area contributed by atoms with E-state index in [-0.39, 0.29) is 6.54 Å². The number of aliphatic hydroxyl groups excluding tert-OH is 1. The van der Waals surface area contributed by atoms with Crippen LogP contribution in [0, 0.1) is 0 Å². The van der Waals surface area contributed by atoms with Crippen LogP contribution in [0.5, 0.6) is 0 Å². The molecule has 0 spiro atoms. The summed E-state index contributed by atoms with van der Waals surface area (Å²) in [6.07, 6.45) is -0.540. The summed E-state index contributed by atoms with van der Waals surface area (Å²) in [7, 11) is 0. The predicted molar refractivity (Wildman–Crippen MR) is 119 cm³/mol. The Balaban J connectivity index is 0.00000233. The Kier molecular flexibility index (Phi) is 10.1. The molecule has 0 bridgehead atoms. The number of fused-ring (bicyclic) bond motifs is 1. The quantitative estimate of drug-likeness (QED) is 0.623. The van der Waals surface area contributed by atoms with Gasteiger partial charge in [-0.25, -0.2) is 4.39 Å². The molecule has 2 aromatic rings. The molecule has 1 aromatic carbocycles. The maximum Gasteiger partial charge on any atom is 0.308 e. The van der Waals surface area contributed by atoms with Gasteiger partial charge >= 0.3 is 5.97 Å². The number of halogens is 2. The number of hydrogen-bond acceptors (Lipinski definition) is 5. The predicted octanol–water partition coefficient (Wildman–Crippen LogP) is 3.23. The van der Waals surface area contributed by atoms with E-state index >= 15 is 0 Å². The van der Waals surface area contributed by atoms with E-state index in [4.69, 9.17) is 16.3 Å². The molecule has 0 radical (unpaired) electrons. The number of hydrogen-bond donors (Lipinski definition) is 2. The fraction of sp³-hybridized carbons (Fsp3) is 0.500. The zero-order valence-electron chi connectivity index (χ0n) is 18.4. The Morgan fingerprint density at radius 3 is 2.48 bits per heavy atom. The SMILES string of the molecule is CC.CC(C)(C)OC(=O)CC(NC(=O)Cn1ccc2ccc(Cl)cc2c1=O)C(O)CF. The third-order valence-corrected chi connectivity index (χ3v) is 4.27. The second-order valence-electron chi connectivity index (χ2n) is 7.67. The van der Waals surface area contributed by atoms with Crippen molar-refractivity contribution in [2.24, 2.45) is 0 Å². The van der Waals surface area contributed by atoms with Crippen molar-refractivity contribution in [1.82, 2.24) is 9.88 Å². The molecule has 0 aliphatic heterocycles. The number of nitrogens with zero attached hydrogens (tertiary/aromatic N) is 1. The summed E-state index contributed by atoms with van der Waals surface area (Å²) in [4.78, 5) is 36.9. The molecule has 2 atom stereocenters. The number of esters is 1. The molecule has 2 rings (SSSR count). The van der Waals surface area contributed by atoms with E-state index in [1.807, 2.05) is 13.8 Å². The van der Waals surface area contributed by atoms with Gasteiger partial charge in [-0.3, -0.25) is 14.4 Å². The van der Waals surface area contributed by atoms with Crippen LogP contribution in [0.15, 0.2) is 35.3 Å². The van der Waals surface area contributed by atoms with E-state index in [0.29, 0.717) is 15.8 Å². The Morgan fingerprint density at radius 1 is 1.26 bits per heavy atom. The molecule has 1 heterocycles. The number of amides is 1. The van der Waals surface area contributed by atoms with Crippen LogP contribution >= 0.6 is 11.6 Å². The Hall–Kier alpha value is -2.45. The number of rotatable bonds is 7. The lowest BCUT2D eigenvalue weighted by Crippen LogP contribution is -2.47. The van der Waals surface area contributed by atoms with Crippen LogP contribution in [0.1, 0.15) is 41.0 Å². The Morgan fingerprint density at radius 2 is 1.90 bits per heavy atom. The normalized spacial score (nSPS) is 13.0. The molecule has 2 N–H and O–H groups in total. The summed E-state index contributed by atoms with van der Waals surface area (Å²) in [6, 6.07) is 5.33. The summed E-state index contributed by atoms with van der Waals surface area (Å²) in [5, 5.41) is 13.6. The Bertz CT molecular complexity index is 955. The number of benzene rings is 1. The van der Waals surface area contributed by atoms with E-state index in [1.54, 1.807) is 39.0 Å². The van der Waals surface area contributed by atoms with Gasteiger partial charge in [-0.2, -0.15) is 0 Å². The highest BCUT2D eigenvalue weighted by Crippen LogP contribution is 2.16. The third-order valence-electron chi connectivity index (χ3n) is 4.03. The van der Waals surface area contributed by atoms with Crippen LogP contribution in [0.2, 0.25) is 5.02 Å². The molecule has 0 saturated carbocycles. The summed E-state index contributed by atoms with van der Waals surface area (Å²) in [5.41, 5.74) is -1.18. The van der Waals surface area contributed by atoms with Crippen molar-refractivity contribution in [3.63, 3.8) is 0 Å². The molecule has 172 valence electrons. The Labute approximate surface area is 186 Å². The number of aromatic nitrogens is 1. The lowest BCUT2D eigenvalue weighted by atomic mass is 10.1. The molecule has 31 heavy (non-hydrogen) atoms. The van der Waals surface area contributed by atoms with Crippen molar-refractivity contribution in [2.75, 3.05) is 6.67 Å². The van der Waals surface area contributed by atoms with Gasteiger partial charge in [0.2, 0.25) is 5.91 Å². The van der Waals surface area contributed by atoms with Crippen LogP contribution in [-0.2, 0) is 20.9 Å². The van der Waals surface area contributed by atoms with Gasteiger partial charge in [0.05, 0.1) is 12.5 Å². The van der Waals surface area contributed by atoms with Crippen molar-refractivity contribution >= 4 is 34.2 Å². The molecular weight excluding hydrogens is 427 g/mol. The molecule has 1 amide bonds. The fourth-order valence-corrected chi connectivity index (χ4v) is 2.91. The molecule has 9 heteroatoms. The highest BCUT2D eigenvalue weighted by molar-refractivity contribution is 6.31. The van der Waals surface area contributed by atoms with E-state index in [2.05, 4.69) is 5.32 Å². The van der Waals surface area contributed by atoms with E-state index in [0.717, 1.165) is 0 Å². The molecule has 0 fully saturated rings. The highest BCUT2D eigenvalue weighted by Gasteiger charge is 2.27. The van der Waals surface area contributed by atoms with Crippen molar-refractivity contribution in [3.05, 3.63) is 45.8 Å². The van der Waals surface area contributed by atoms with Crippen LogP contribution in [0.4, 0.5) is 4.39 Å². The second kappa shape index (κ2) is 11.8. The first kappa shape index (κ1) is 26.6. The highest BCUT2D eigenvalue weighted by atomic mass is 35.5. The second-order valence-corrected chi connectivity index (χ2v) is 8.10. The summed E-state index contributed by atoms with van der Waals surface area (Å²) in [5.74, 6) is -1.35.